The lowest BCUT2D eigenvalue weighted by Gasteiger charge is -2.10. The minimum Gasteiger partial charge on any atom is -0.331 e. The maximum absolute atomic E-state index is 13.6. The maximum atomic E-state index is 13.6. The predicted octanol–water partition coefficient (Wildman–Crippen LogP) is 3.43. The van der Waals surface area contributed by atoms with Crippen molar-refractivity contribution < 1.29 is 13.6 Å². The molecule has 0 radical (unpaired) electrons. The number of carbonyl (C=O) groups excluding carboxylic acids is 1. The van der Waals surface area contributed by atoms with Crippen LogP contribution in [-0.4, -0.2) is 35.6 Å². The van der Waals surface area contributed by atoms with Crippen molar-refractivity contribution in [1.29, 1.82) is 0 Å². The molecule has 2 amide bonds. The van der Waals surface area contributed by atoms with E-state index in [1.54, 1.807) is 0 Å². The molecule has 0 aliphatic carbocycles. The fourth-order valence-electron chi connectivity index (χ4n) is 2.91. The zero-order chi connectivity index (χ0) is 22.7. The molecule has 0 aliphatic heterocycles. The van der Waals surface area contributed by atoms with Crippen LogP contribution in [-0.2, 0) is 13.1 Å². The van der Waals surface area contributed by atoms with Gasteiger partial charge < -0.3 is 10.6 Å². The van der Waals surface area contributed by atoms with Gasteiger partial charge in [-0.15, -0.1) is 0 Å². The number of rotatable bonds is 6. The van der Waals surface area contributed by atoms with Gasteiger partial charge in [0.25, 0.3) is 0 Å². The lowest BCUT2D eigenvalue weighted by molar-refractivity contribution is 0.239. The van der Waals surface area contributed by atoms with Gasteiger partial charge in [-0.05, 0) is 36.4 Å². The van der Waals surface area contributed by atoms with Crippen LogP contribution >= 0.6 is 23.2 Å². The first kappa shape index (κ1) is 21.7. The molecule has 0 saturated heterocycles. The molecule has 2 aromatic carbocycles. The van der Waals surface area contributed by atoms with E-state index in [2.05, 4.69) is 30.8 Å². The predicted molar refractivity (Wildman–Crippen MR) is 112 cm³/mol. The SMILES string of the molecule is O=C(NCc1ncnn1-c1cc(F)cc(Cl)c1)NCc1ncnn1-c1cc(F)cc(Cl)c1. The molecule has 13 heteroatoms. The van der Waals surface area contributed by atoms with Crippen molar-refractivity contribution >= 4 is 29.2 Å². The third kappa shape index (κ3) is 5.01. The second-order valence-electron chi connectivity index (χ2n) is 6.47. The van der Waals surface area contributed by atoms with Gasteiger partial charge in [0, 0.05) is 10.0 Å². The highest BCUT2D eigenvalue weighted by Gasteiger charge is 2.13. The Labute approximate surface area is 190 Å². The molecule has 0 aliphatic rings. The van der Waals surface area contributed by atoms with Crippen LogP contribution in [0, 0.1) is 11.6 Å². The Morgan fingerprint density at radius 3 is 1.62 bits per heavy atom. The first-order chi connectivity index (χ1) is 15.4. The zero-order valence-electron chi connectivity index (χ0n) is 16.1. The second-order valence-corrected chi connectivity index (χ2v) is 7.34. The molecule has 2 N–H and O–H groups in total. The molecule has 4 rings (SSSR count). The summed E-state index contributed by atoms with van der Waals surface area (Å²) in [6.45, 7) is 0.0122. The molecule has 0 saturated carbocycles. The molecule has 0 atom stereocenters. The fourth-order valence-corrected chi connectivity index (χ4v) is 3.34. The summed E-state index contributed by atoms with van der Waals surface area (Å²) in [4.78, 5) is 20.4. The summed E-state index contributed by atoms with van der Waals surface area (Å²) in [6.07, 6.45) is 2.56. The van der Waals surface area contributed by atoms with Crippen LogP contribution in [0.25, 0.3) is 11.4 Å². The molecule has 4 aromatic rings. The van der Waals surface area contributed by atoms with Crippen LogP contribution in [0.2, 0.25) is 10.0 Å². The van der Waals surface area contributed by atoms with Gasteiger partial charge >= 0.3 is 6.03 Å². The number of hydrogen-bond acceptors (Lipinski definition) is 5. The monoisotopic (exact) mass is 478 g/mol. The van der Waals surface area contributed by atoms with Crippen molar-refractivity contribution in [3.05, 3.63) is 82.4 Å². The van der Waals surface area contributed by atoms with Gasteiger partial charge in [-0.3, -0.25) is 0 Å². The molecular weight excluding hydrogens is 465 g/mol. The number of nitrogens with zero attached hydrogens (tertiary/aromatic N) is 6. The smallest absolute Gasteiger partial charge is 0.315 e. The third-order valence-electron chi connectivity index (χ3n) is 4.23. The van der Waals surface area contributed by atoms with E-state index < -0.39 is 17.7 Å². The van der Waals surface area contributed by atoms with Crippen molar-refractivity contribution in [1.82, 2.24) is 40.2 Å². The number of aromatic nitrogens is 6. The number of halogens is 4. The first-order valence-electron chi connectivity index (χ1n) is 9.11. The number of nitrogens with one attached hydrogen (secondary N) is 2. The van der Waals surface area contributed by atoms with Crippen molar-refractivity contribution in [2.75, 3.05) is 0 Å². The topological polar surface area (TPSA) is 103 Å². The maximum Gasteiger partial charge on any atom is 0.315 e. The lowest BCUT2D eigenvalue weighted by Crippen LogP contribution is -2.36. The Morgan fingerprint density at radius 2 is 1.22 bits per heavy atom. The van der Waals surface area contributed by atoms with Crippen LogP contribution in [0.15, 0.2) is 49.1 Å². The highest BCUT2D eigenvalue weighted by Crippen LogP contribution is 2.19. The third-order valence-corrected chi connectivity index (χ3v) is 4.67. The van der Waals surface area contributed by atoms with Crippen molar-refractivity contribution in [3.8, 4) is 11.4 Å². The fraction of sp³-hybridized carbons (Fsp3) is 0.105. The van der Waals surface area contributed by atoms with Gasteiger partial charge in [0.2, 0.25) is 0 Å². The van der Waals surface area contributed by atoms with Gasteiger partial charge in [-0.1, -0.05) is 23.2 Å². The molecule has 164 valence electrons. The highest BCUT2D eigenvalue weighted by molar-refractivity contribution is 6.31. The van der Waals surface area contributed by atoms with Gasteiger partial charge in [-0.25, -0.2) is 32.9 Å². The largest absolute Gasteiger partial charge is 0.331 e. The van der Waals surface area contributed by atoms with Crippen molar-refractivity contribution in [3.63, 3.8) is 0 Å². The Morgan fingerprint density at radius 1 is 0.781 bits per heavy atom. The van der Waals surface area contributed by atoms with E-state index in [-0.39, 0.29) is 23.1 Å². The average molecular weight is 479 g/mol. The Balaban J connectivity index is 1.39. The van der Waals surface area contributed by atoms with Crippen LogP contribution in [0.5, 0.6) is 0 Å². The summed E-state index contributed by atoms with van der Waals surface area (Å²) in [5.41, 5.74) is 0.734. The number of amides is 2. The summed E-state index contributed by atoms with van der Waals surface area (Å²) in [7, 11) is 0. The van der Waals surface area contributed by atoms with E-state index in [0.29, 0.717) is 23.0 Å². The molecule has 2 aromatic heterocycles. The highest BCUT2D eigenvalue weighted by atomic mass is 35.5. The van der Waals surface area contributed by atoms with Gasteiger partial charge in [-0.2, -0.15) is 10.2 Å². The van der Waals surface area contributed by atoms with Gasteiger partial charge in [0.1, 0.15) is 24.3 Å². The minimum absolute atomic E-state index is 0.00611. The van der Waals surface area contributed by atoms with Crippen LogP contribution < -0.4 is 10.6 Å². The molecule has 2 heterocycles. The molecule has 9 nitrogen and oxygen atoms in total. The quantitative estimate of drug-likeness (QED) is 0.441. The van der Waals surface area contributed by atoms with Crippen LogP contribution in [0.3, 0.4) is 0 Å². The number of urea groups is 1. The average Bonchev–Trinajstić information content (AvgIpc) is 3.38. The minimum atomic E-state index is -0.525. The Bertz CT molecular complexity index is 1140. The van der Waals surface area contributed by atoms with Crippen molar-refractivity contribution in [2.45, 2.75) is 13.1 Å². The van der Waals surface area contributed by atoms with Crippen molar-refractivity contribution in [2.24, 2.45) is 0 Å². The molecular formula is C19H14Cl2F2N8O. The van der Waals surface area contributed by atoms with Gasteiger partial charge in [0.05, 0.1) is 24.5 Å². The Kier molecular flexibility index (Phi) is 6.28. The normalized spacial score (nSPS) is 10.9. The second kappa shape index (κ2) is 9.28. The molecule has 0 fully saturated rings. The number of hydrogen-bond donors (Lipinski definition) is 2. The summed E-state index contributed by atoms with van der Waals surface area (Å²) < 4.78 is 30.0. The van der Waals surface area contributed by atoms with Gasteiger partial charge in [0.15, 0.2) is 11.6 Å². The summed E-state index contributed by atoms with van der Waals surface area (Å²) >= 11 is 11.8. The van der Waals surface area contributed by atoms with E-state index in [1.807, 2.05) is 0 Å². The summed E-state index contributed by atoms with van der Waals surface area (Å²) in [5.74, 6) is -0.328. The Hall–Kier alpha value is -3.57. The van der Waals surface area contributed by atoms with E-state index in [1.165, 1.54) is 58.4 Å². The van der Waals surface area contributed by atoms with E-state index in [4.69, 9.17) is 23.2 Å². The zero-order valence-corrected chi connectivity index (χ0v) is 17.6. The molecule has 0 bridgehead atoms. The van der Waals surface area contributed by atoms with E-state index in [9.17, 15) is 13.6 Å². The standard InChI is InChI=1S/C19H14Cl2F2N8O/c20-11-1-13(22)5-15(3-11)30-17(26-9-28-30)7-24-19(32)25-8-18-27-10-29-31(18)16-4-12(21)2-14(23)6-16/h1-6,9-10H,7-8H2,(H2,24,25,32). The first-order valence-corrected chi connectivity index (χ1v) is 9.87. The number of carbonyl (C=O) groups is 1. The summed E-state index contributed by atoms with van der Waals surface area (Å²) in [6, 6.07) is 7.35. The van der Waals surface area contributed by atoms with E-state index in [0.717, 1.165) is 0 Å². The van der Waals surface area contributed by atoms with Crippen LogP contribution in [0.1, 0.15) is 11.6 Å². The lowest BCUT2D eigenvalue weighted by atomic mass is 10.3. The van der Waals surface area contributed by atoms with E-state index >= 15 is 0 Å². The van der Waals surface area contributed by atoms with Crippen LogP contribution in [0.4, 0.5) is 13.6 Å². The molecule has 0 spiro atoms. The molecule has 0 unspecified atom stereocenters. The molecule has 32 heavy (non-hydrogen) atoms. The summed E-state index contributed by atoms with van der Waals surface area (Å²) in [5, 5.41) is 13.7. The number of benzene rings is 2.